The number of benzene rings is 2. The van der Waals surface area contributed by atoms with E-state index in [2.05, 4.69) is 19.1 Å². The summed E-state index contributed by atoms with van der Waals surface area (Å²) in [5.41, 5.74) is 28.3. The molecule has 17 heteroatoms. The van der Waals surface area contributed by atoms with Gasteiger partial charge in [-0.3, -0.25) is 35.0 Å². The van der Waals surface area contributed by atoms with E-state index in [1.54, 1.807) is 24.3 Å². The largest absolute Gasteiger partial charge is 0.468 e. The van der Waals surface area contributed by atoms with Crippen LogP contribution in [0.3, 0.4) is 0 Å². The van der Waals surface area contributed by atoms with Crippen LogP contribution >= 0.6 is 9.03 Å². The van der Waals surface area contributed by atoms with Gasteiger partial charge < -0.3 is 38.7 Å². The van der Waals surface area contributed by atoms with Crippen molar-refractivity contribution in [3.05, 3.63) is 79.9 Å². The van der Waals surface area contributed by atoms with Crippen LogP contribution < -0.4 is 34.0 Å². The van der Waals surface area contributed by atoms with E-state index in [-0.39, 0.29) is 32.1 Å². The smallest absolute Gasteiger partial charge is 0.322 e. The second-order valence-electron chi connectivity index (χ2n) is 8.36. The molecule has 16 nitrogen and oxygen atoms in total. The zero-order valence-electron chi connectivity index (χ0n) is 23.6. The Morgan fingerprint density at radius 2 is 1.16 bits per heavy atom. The van der Waals surface area contributed by atoms with Gasteiger partial charge in [0.15, 0.2) is 0 Å². The third-order valence-corrected chi connectivity index (χ3v) is 5.13. The molecule has 2 unspecified atom stereocenters. The molecule has 0 fully saturated rings. The average Bonchev–Trinajstić information content (AvgIpc) is 2.99. The molecule has 0 aliphatic carbocycles. The summed E-state index contributed by atoms with van der Waals surface area (Å²) < 4.78 is 4.47. The van der Waals surface area contributed by atoms with Crippen LogP contribution in [0.5, 0.6) is 0 Å². The van der Waals surface area contributed by atoms with Crippen molar-refractivity contribution < 1.29 is 24.2 Å². The summed E-state index contributed by atoms with van der Waals surface area (Å²) in [7, 11) is 3.48. The third kappa shape index (κ3) is 21.7. The number of hydrogen-bond acceptors (Lipinski definition) is 13. The maximum Gasteiger partial charge on any atom is 0.322 e. The van der Waals surface area contributed by atoms with Gasteiger partial charge in [0.1, 0.15) is 6.04 Å². The highest BCUT2D eigenvalue weighted by atomic mass is 31.0. The minimum absolute atomic E-state index is 0. The van der Waals surface area contributed by atoms with Crippen molar-refractivity contribution in [3.8, 4) is 0 Å². The quantitative estimate of drug-likeness (QED) is 0.0542. The van der Waals surface area contributed by atoms with Crippen LogP contribution in [-0.4, -0.2) is 67.1 Å². The first kappa shape index (κ1) is 47.0. The lowest BCUT2D eigenvalue weighted by Gasteiger charge is -2.11. The van der Waals surface area contributed by atoms with Crippen LogP contribution in [0.2, 0.25) is 0 Å². The van der Waals surface area contributed by atoms with Gasteiger partial charge >= 0.3 is 5.97 Å². The molecular formula is C27H50N9O7P. The van der Waals surface area contributed by atoms with Gasteiger partial charge in [-0.25, -0.2) is 0 Å². The molecule has 2 aromatic carbocycles. The molecule has 12 N–H and O–H groups in total. The first-order chi connectivity index (χ1) is 20.0. The Bertz CT molecular complexity index is 1060. The Balaban J connectivity index is -0.000000292. The maximum atomic E-state index is 11.6. The highest BCUT2D eigenvalue weighted by molar-refractivity contribution is 7.02. The first-order valence-electron chi connectivity index (χ1n) is 12.7. The number of nitro benzene ring substituents is 2. The number of nitrogens with two attached hydrogens (primary N) is 5. The van der Waals surface area contributed by atoms with Crippen LogP contribution in [-0.2, 0) is 27.2 Å². The first-order valence-corrected chi connectivity index (χ1v) is 13.2. The van der Waals surface area contributed by atoms with E-state index in [0.717, 1.165) is 30.6 Å². The molecule has 0 saturated heterocycles. The molecule has 44 heavy (non-hydrogen) atoms. The molecule has 2 aromatic rings. The number of nitrogens with zero attached hydrogens (tertiary/aromatic N) is 2. The Hall–Kier alpha value is -3.92. The molecule has 0 aromatic heterocycles. The molecule has 2 rings (SSSR count). The Morgan fingerprint density at radius 3 is 1.45 bits per heavy atom. The number of ether oxygens (including phenoxy) is 1. The van der Waals surface area contributed by atoms with Crippen molar-refractivity contribution in [2.45, 2.75) is 52.6 Å². The summed E-state index contributed by atoms with van der Waals surface area (Å²) in [6.07, 6.45) is 2.28. The van der Waals surface area contributed by atoms with Crippen molar-refractivity contribution in [1.82, 2.24) is 5.32 Å². The number of carbonyl (C=O) groups is 2. The lowest BCUT2D eigenvalue weighted by Crippen LogP contribution is -2.42. The second-order valence-corrected chi connectivity index (χ2v) is 8.36. The van der Waals surface area contributed by atoms with Gasteiger partial charge in [-0.15, -0.1) is 0 Å². The molecule has 250 valence electrons. The molecule has 0 radical (unpaired) electrons. The van der Waals surface area contributed by atoms with Crippen molar-refractivity contribution in [2.75, 3.05) is 33.3 Å². The average molecular weight is 644 g/mol. The van der Waals surface area contributed by atoms with Crippen LogP contribution in [0.25, 0.3) is 0 Å². The molecule has 0 spiro atoms. The van der Waals surface area contributed by atoms with Gasteiger partial charge in [0.05, 0.1) is 23.0 Å². The highest BCUT2D eigenvalue weighted by Crippen LogP contribution is 2.14. The Labute approximate surface area is 261 Å². The minimum Gasteiger partial charge on any atom is -0.468 e. The van der Waals surface area contributed by atoms with Crippen molar-refractivity contribution in [2.24, 2.45) is 28.7 Å². The van der Waals surface area contributed by atoms with Crippen LogP contribution in [0.1, 0.15) is 38.8 Å². The van der Waals surface area contributed by atoms with E-state index in [1.807, 2.05) is 0 Å². The number of non-ortho nitro benzene ring substituents is 2. The van der Waals surface area contributed by atoms with Crippen LogP contribution in [0.4, 0.5) is 11.4 Å². The van der Waals surface area contributed by atoms with Gasteiger partial charge in [-0.1, -0.05) is 39.1 Å². The number of rotatable bonds is 13. The van der Waals surface area contributed by atoms with Crippen LogP contribution in [0.15, 0.2) is 48.5 Å². The number of methoxy groups -OCH3 is 1. The number of esters is 1. The van der Waals surface area contributed by atoms with Gasteiger partial charge in [0, 0.05) is 30.8 Å². The summed E-state index contributed by atoms with van der Waals surface area (Å²) >= 11 is 0. The highest BCUT2D eigenvalue weighted by Gasteiger charge is 2.15. The number of nitro groups is 2. The number of amides is 1. The summed E-state index contributed by atoms with van der Waals surface area (Å²) in [5.74, 6) is -0.745. The topological polar surface area (TPSA) is 296 Å². The van der Waals surface area contributed by atoms with Gasteiger partial charge in [-0.2, -0.15) is 0 Å². The van der Waals surface area contributed by atoms with E-state index in [0.29, 0.717) is 32.4 Å². The Kier molecular flexibility index (Phi) is 31.2. The predicted molar refractivity (Wildman–Crippen MR) is 175 cm³/mol. The lowest BCUT2D eigenvalue weighted by atomic mass is 10.1. The molecule has 0 heterocycles. The molecule has 0 bridgehead atoms. The normalized spacial score (nSPS) is 10.5. The van der Waals surface area contributed by atoms with Crippen molar-refractivity contribution in [1.29, 1.82) is 5.16 Å². The molecule has 0 saturated carbocycles. The maximum absolute atomic E-state index is 11.6. The van der Waals surface area contributed by atoms with Crippen LogP contribution in [0, 0.1) is 25.4 Å². The van der Waals surface area contributed by atoms with E-state index in [9.17, 15) is 29.8 Å². The third-order valence-electron chi connectivity index (χ3n) is 5.13. The zero-order chi connectivity index (χ0) is 32.5. The number of carbonyl (C=O) groups excluding carboxylic acids is 2. The predicted octanol–water partition coefficient (Wildman–Crippen LogP) is 2.02. The SMILES string of the molecule is C.C.COC(=O)C(N)Cc1ccc([N+](=O)[O-])cc1.N=P.NCCCN.NCCCNC(=O)C(N)Cc1ccc([N+](=O)[O-])cc1. The zero-order valence-corrected chi connectivity index (χ0v) is 24.6. The van der Waals surface area contributed by atoms with Gasteiger partial charge in [0.25, 0.3) is 11.4 Å². The molecule has 2 atom stereocenters. The fraction of sp³-hybridized carbons (Fsp3) is 0.481. The molecule has 0 aliphatic heterocycles. The molecule has 1 amide bonds. The van der Waals surface area contributed by atoms with Gasteiger partial charge in [-0.05, 0) is 65.5 Å². The summed E-state index contributed by atoms with van der Waals surface area (Å²) in [6.45, 7) is 2.45. The van der Waals surface area contributed by atoms with E-state index >= 15 is 0 Å². The van der Waals surface area contributed by atoms with Crippen molar-refractivity contribution >= 4 is 32.3 Å². The molecule has 0 aliphatic rings. The lowest BCUT2D eigenvalue weighted by molar-refractivity contribution is -0.385. The fourth-order valence-corrected chi connectivity index (χ4v) is 2.91. The second kappa shape index (κ2) is 29.2. The summed E-state index contributed by atoms with van der Waals surface area (Å²) in [5, 5.41) is 29.1. The van der Waals surface area contributed by atoms with E-state index in [1.165, 1.54) is 31.4 Å². The summed E-state index contributed by atoms with van der Waals surface area (Å²) in [6, 6.07) is 10.5. The van der Waals surface area contributed by atoms with E-state index < -0.39 is 27.9 Å². The Morgan fingerprint density at radius 1 is 0.795 bits per heavy atom. The summed E-state index contributed by atoms with van der Waals surface area (Å²) in [4.78, 5) is 42.6. The van der Waals surface area contributed by atoms with Gasteiger partial charge in [0.2, 0.25) is 5.91 Å². The molecular weight excluding hydrogens is 593 g/mol. The number of nitrogens with one attached hydrogen (secondary N) is 2. The fourth-order valence-electron chi connectivity index (χ4n) is 2.91. The monoisotopic (exact) mass is 643 g/mol. The standard InChI is InChI=1S/C12H18N4O3.C10H12N2O4.C3H10N2.2CH4.H2NP/c13-6-1-7-15-12(17)11(14)8-9-2-4-10(5-3-9)16(18)19;1-16-10(13)9(11)6-7-2-4-8(5-3-7)12(14)15;4-2-1-3-5;;;1-2/h2-5,11H,1,6-8,13-14H2,(H,15,17);2-5,9H,6,11H2,1H3;1-5H2;2*1H4;1-2H. The van der Waals surface area contributed by atoms with Crippen molar-refractivity contribution in [3.63, 3.8) is 0 Å². The minimum atomic E-state index is -0.744. The number of hydrogen-bond donors (Lipinski definition) is 7. The van der Waals surface area contributed by atoms with E-state index in [4.69, 9.17) is 33.8 Å².